The van der Waals surface area contributed by atoms with Crippen LogP contribution in [0.1, 0.15) is 26.7 Å². The quantitative estimate of drug-likeness (QED) is 0.635. The van der Waals surface area contributed by atoms with Crippen LogP contribution in [-0.2, 0) is 4.74 Å². The fraction of sp³-hybridized carbons (Fsp3) is 0.100. The molecule has 2 N–H and O–H groups in total. The summed E-state index contributed by atoms with van der Waals surface area (Å²) in [6.45, 7) is 1.57. The van der Waals surface area contributed by atoms with Crippen molar-refractivity contribution in [3.05, 3.63) is 77.2 Å². The van der Waals surface area contributed by atoms with E-state index in [9.17, 15) is 18.4 Å². The number of nitrogens with zero attached hydrogens (tertiary/aromatic N) is 2. The molecule has 0 bridgehead atoms. The predicted octanol–water partition coefficient (Wildman–Crippen LogP) is 3.85. The van der Waals surface area contributed by atoms with Crippen LogP contribution in [0.25, 0.3) is 0 Å². The van der Waals surface area contributed by atoms with E-state index in [1.165, 1.54) is 25.3 Å². The Balaban J connectivity index is 1.82. The van der Waals surface area contributed by atoms with E-state index in [2.05, 4.69) is 25.3 Å². The molecule has 7 nitrogen and oxygen atoms in total. The first-order valence-corrected chi connectivity index (χ1v) is 8.43. The molecule has 0 aliphatic heterocycles. The Morgan fingerprint density at radius 1 is 1.03 bits per heavy atom. The molecule has 0 spiro atoms. The third-order valence-corrected chi connectivity index (χ3v) is 3.81. The maximum absolute atomic E-state index is 13.9. The van der Waals surface area contributed by atoms with Gasteiger partial charge in [-0.3, -0.25) is 4.79 Å². The number of esters is 1. The van der Waals surface area contributed by atoms with Crippen LogP contribution in [0.2, 0.25) is 0 Å². The Kier molecular flexibility index (Phi) is 5.77. The average Bonchev–Trinajstić information content (AvgIpc) is 2.69. The zero-order valence-electron chi connectivity index (χ0n) is 15.5. The van der Waals surface area contributed by atoms with Crippen LogP contribution in [0.4, 0.5) is 26.0 Å². The largest absolute Gasteiger partial charge is 0.465 e. The van der Waals surface area contributed by atoms with E-state index in [4.69, 9.17) is 0 Å². The molecule has 0 unspecified atom stereocenters. The van der Waals surface area contributed by atoms with Crippen LogP contribution in [0.15, 0.2) is 48.5 Å². The minimum absolute atomic E-state index is 0.00152. The van der Waals surface area contributed by atoms with Crippen molar-refractivity contribution in [1.82, 2.24) is 9.97 Å². The highest BCUT2D eigenvalue weighted by Gasteiger charge is 2.14. The maximum Gasteiger partial charge on any atom is 0.337 e. The standard InChI is InChI=1S/C20H16F2N4O3/c1-11-23-17(10-18(24-11)26-16-7-6-13(21)9-15(16)22)19(27)25-14-5-3-4-12(8-14)20(28)29-2/h3-10H,1-2H3,(H,25,27)(H,23,24,26). The molecule has 1 heterocycles. The van der Waals surface area contributed by atoms with E-state index < -0.39 is 23.5 Å². The minimum Gasteiger partial charge on any atom is -0.465 e. The number of aromatic nitrogens is 2. The second-order valence-electron chi connectivity index (χ2n) is 5.96. The fourth-order valence-electron chi connectivity index (χ4n) is 2.51. The highest BCUT2D eigenvalue weighted by Crippen LogP contribution is 2.20. The van der Waals surface area contributed by atoms with Gasteiger partial charge in [0.25, 0.3) is 5.91 Å². The predicted molar refractivity (Wildman–Crippen MR) is 102 cm³/mol. The molecule has 0 fully saturated rings. The number of hydrogen-bond donors (Lipinski definition) is 2. The summed E-state index contributed by atoms with van der Waals surface area (Å²) in [5, 5.41) is 5.32. The van der Waals surface area contributed by atoms with E-state index in [1.54, 1.807) is 25.1 Å². The van der Waals surface area contributed by atoms with Crippen molar-refractivity contribution in [3.63, 3.8) is 0 Å². The molecule has 1 amide bonds. The first-order valence-electron chi connectivity index (χ1n) is 8.43. The van der Waals surface area contributed by atoms with Gasteiger partial charge in [-0.15, -0.1) is 0 Å². The van der Waals surface area contributed by atoms with Gasteiger partial charge in [0.05, 0.1) is 18.4 Å². The van der Waals surface area contributed by atoms with Gasteiger partial charge in [0.15, 0.2) is 0 Å². The molecule has 0 aliphatic rings. The van der Waals surface area contributed by atoms with Crippen LogP contribution in [0.5, 0.6) is 0 Å². The number of anilines is 3. The van der Waals surface area contributed by atoms with Crippen LogP contribution in [0.3, 0.4) is 0 Å². The number of methoxy groups -OCH3 is 1. The molecular formula is C20H16F2N4O3. The zero-order chi connectivity index (χ0) is 21.0. The Morgan fingerprint density at radius 2 is 1.83 bits per heavy atom. The second-order valence-corrected chi connectivity index (χ2v) is 5.96. The number of carbonyl (C=O) groups excluding carboxylic acids is 2. The number of ether oxygens (including phenoxy) is 1. The van der Waals surface area contributed by atoms with Crippen molar-refractivity contribution in [3.8, 4) is 0 Å². The fourth-order valence-corrected chi connectivity index (χ4v) is 2.51. The molecule has 29 heavy (non-hydrogen) atoms. The molecule has 0 saturated heterocycles. The smallest absolute Gasteiger partial charge is 0.337 e. The SMILES string of the molecule is COC(=O)c1cccc(NC(=O)c2cc(Nc3ccc(F)cc3F)nc(C)n2)c1. The van der Waals surface area contributed by atoms with Crippen molar-refractivity contribution in [2.75, 3.05) is 17.7 Å². The first-order chi connectivity index (χ1) is 13.9. The molecule has 0 aliphatic carbocycles. The summed E-state index contributed by atoms with van der Waals surface area (Å²) >= 11 is 0. The molecule has 0 atom stereocenters. The van der Waals surface area contributed by atoms with Gasteiger partial charge in [0.1, 0.15) is 29.0 Å². The van der Waals surface area contributed by atoms with E-state index in [0.717, 1.165) is 12.1 Å². The Labute approximate surface area is 164 Å². The van der Waals surface area contributed by atoms with Crippen LogP contribution in [0, 0.1) is 18.6 Å². The highest BCUT2D eigenvalue weighted by atomic mass is 19.1. The van der Waals surface area contributed by atoms with Crippen molar-refractivity contribution in [2.45, 2.75) is 6.92 Å². The number of amides is 1. The van der Waals surface area contributed by atoms with Crippen molar-refractivity contribution < 1.29 is 23.1 Å². The van der Waals surface area contributed by atoms with E-state index >= 15 is 0 Å². The number of nitrogens with one attached hydrogen (secondary N) is 2. The van der Waals surface area contributed by atoms with Gasteiger partial charge >= 0.3 is 5.97 Å². The van der Waals surface area contributed by atoms with Crippen molar-refractivity contribution >= 4 is 29.1 Å². The van der Waals surface area contributed by atoms with Crippen LogP contribution >= 0.6 is 0 Å². The first kappa shape index (κ1) is 19.9. The van der Waals surface area contributed by atoms with Crippen LogP contribution < -0.4 is 10.6 Å². The van der Waals surface area contributed by atoms with E-state index in [-0.39, 0.29) is 28.6 Å². The van der Waals surface area contributed by atoms with Gasteiger partial charge in [0.2, 0.25) is 0 Å². The summed E-state index contributed by atoms with van der Waals surface area (Å²) in [6, 6.07) is 10.6. The molecule has 0 saturated carbocycles. The van der Waals surface area contributed by atoms with Gasteiger partial charge in [-0.1, -0.05) is 6.07 Å². The second kappa shape index (κ2) is 8.42. The summed E-state index contributed by atoms with van der Waals surface area (Å²) in [7, 11) is 1.26. The summed E-state index contributed by atoms with van der Waals surface area (Å²) in [6.07, 6.45) is 0. The lowest BCUT2D eigenvalue weighted by Crippen LogP contribution is -2.16. The topological polar surface area (TPSA) is 93.2 Å². The lowest BCUT2D eigenvalue weighted by molar-refractivity contribution is 0.0600. The van der Waals surface area contributed by atoms with Gasteiger partial charge in [-0.25, -0.2) is 23.5 Å². The maximum atomic E-state index is 13.9. The van der Waals surface area contributed by atoms with Gasteiger partial charge in [-0.05, 0) is 37.3 Å². The number of halogens is 2. The lowest BCUT2D eigenvalue weighted by Gasteiger charge is -2.10. The minimum atomic E-state index is -0.799. The van der Waals surface area contributed by atoms with Gasteiger partial charge in [-0.2, -0.15) is 0 Å². The summed E-state index contributed by atoms with van der Waals surface area (Å²) in [5.74, 6) is -2.16. The third-order valence-electron chi connectivity index (χ3n) is 3.81. The molecule has 1 aromatic heterocycles. The Bertz CT molecular complexity index is 1090. The molecule has 0 radical (unpaired) electrons. The Hall–Kier alpha value is -3.88. The summed E-state index contributed by atoms with van der Waals surface area (Å²) in [5.41, 5.74) is 0.666. The number of hydrogen-bond acceptors (Lipinski definition) is 6. The number of rotatable bonds is 5. The third kappa shape index (κ3) is 4.89. The van der Waals surface area contributed by atoms with E-state index in [0.29, 0.717) is 5.69 Å². The van der Waals surface area contributed by atoms with Crippen molar-refractivity contribution in [2.24, 2.45) is 0 Å². The molecule has 148 valence electrons. The Morgan fingerprint density at radius 3 is 2.55 bits per heavy atom. The number of aryl methyl sites for hydroxylation is 1. The number of carbonyl (C=O) groups is 2. The van der Waals surface area contributed by atoms with E-state index in [1.807, 2.05) is 0 Å². The molecule has 2 aromatic carbocycles. The molecular weight excluding hydrogens is 382 g/mol. The van der Waals surface area contributed by atoms with Crippen molar-refractivity contribution in [1.29, 1.82) is 0 Å². The average molecular weight is 398 g/mol. The number of benzene rings is 2. The van der Waals surface area contributed by atoms with Crippen LogP contribution in [-0.4, -0.2) is 29.0 Å². The highest BCUT2D eigenvalue weighted by molar-refractivity contribution is 6.04. The molecule has 3 aromatic rings. The monoisotopic (exact) mass is 398 g/mol. The normalized spacial score (nSPS) is 10.3. The summed E-state index contributed by atoms with van der Waals surface area (Å²) < 4.78 is 31.6. The lowest BCUT2D eigenvalue weighted by atomic mass is 10.2. The summed E-state index contributed by atoms with van der Waals surface area (Å²) in [4.78, 5) is 32.4. The van der Waals surface area contributed by atoms with Gasteiger partial charge < -0.3 is 15.4 Å². The molecule has 3 rings (SSSR count). The zero-order valence-corrected chi connectivity index (χ0v) is 15.5. The molecule has 9 heteroatoms. The van der Waals surface area contributed by atoms with Gasteiger partial charge in [0, 0.05) is 17.8 Å².